The molecule has 2 amide bonds. The molecule has 7 heteroatoms. The van der Waals surface area contributed by atoms with E-state index in [0.717, 1.165) is 10.9 Å². The smallest absolute Gasteiger partial charge is 0.271 e. The first kappa shape index (κ1) is 15.2. The van der Waals surface area contributed by atoms with Gasteiger partial charge >= 0.3 is 0 Å². The molecule has 1 saturated carbocycles. The number of amides is 2. The fourth-order valence-electron chi connectivity index (χ4n) is 2.49. The number of hydrogen-bond acceptors (Lipinski definition) is 2. The molecule has 0 saturated heterocycles. The maximum Gasteiger partial charge on any atom is 0.271 e. The summed E-state index contributed by atoms with van der Waals surface area (Å²) in [7, 11) is 1.86. The normalized spacial score (nSPS) is 22.4. The molecule has 0 bridgehead atoms. The van der Waals surface area contributed by atoms with E-state index in [2.05, 4.69) is 10.9 Å². The van der Waals surface area contributed by atoms with Gasteiger partial charge in [0.25, 0.3) is 5.91 Å². The van der Waals surface area contributed by atoms with Gasteiger partial charge in [0.1, 0.15) is 4.33 Å². The lowest BCUT2D eigenvalue weighted by molar-refractivity contribution is -0.126. The van der Waals surface area contributed by atoms with E-state index in [-0.39, 0.29) is 5.91 Å². The Bertz CT molecular complexity index is 784. The van der Waals surface area contributed by atoms with Gasteiger partial charge < -0.3 is 4.57 Å². The van der Waals surface area contributed by atoms with Crippen LogP contribution in [-0.2, 0) is 11.8 Å². The van der Waals surface area contributed by atoms with Gasteiger partial charge in [-0.05, 0) is 19.4 Å². The van der Waals surface area contributed by atoms with Crippen molar-refractivity contribution in [3.8, 4) is 0 Å². The summed E-state index contributed by atoms with van der Waals surface area (Å²) < 4.78 is 0.790. The van der Waals surface area contributed by atoms with Crippen LogP contribution in [0, 0.1) is 5.41 Å². The lowest BCUT2D eigenvalue weighted by atomic mass is 10.1. The van der Waals surface area contributed by atoms with Crippen LogP contribution in [-0.4, -0.2) is 20.7 Å². The molecule has 0 radical (unpaired) electrons. The highest BCUT2D eigenvalue weighted by Crippen LogP contribution is 2.63. The molecule has 1 aliphatic carbocycles. The second-order valence-electron chi connectivity index (χ2n) is 5.79. The van der Waals surface area contributed by atoms with E-state index in [0.29, 0.717) is 12.0 Å². The number of alkyl halides is 2. The van der Waals surface area contributed by atoms with E-state index in [1.807, 2.05) is 35.9 Å². The van der Waals surface area contributed by atoms with Crippen LogP contribution in [0.5, 0.6) is 0 Å². The molecular formula is C15H15Cl2N3O2. The number of fused-ring (bicyclic) bond motifs is 1. The fraction of sp³-hybridized carbons (Fsp3) is 0.333. The summed E-state index contributed by atoms with van der Waals surface area (Å²) in [5.74, 6) is -0.782. The first-order valence-corrected chi connectivity index (χ1v) is 7.54. The highest BCUT2D eigenvalue weighted by Gasteiger charge is 2.68. The molecule has 1 heterocycles. The molecule has 0 unspecified atom stereocenters. The highest BCUT2D eigenvalue weighted by molar-refractivity contribution is 6.53. The van der Waals surface area contributed by atoms with Crippen molar-refractivity contribution in [3.05, 3.63) is 36.0 Å². The minimum Gasteiger partial charge on any atom is -0.350 e. The molecule has 0 spiro atoms. The van der Waals surface area contributed by atoms with Crippen molar-refractivity contribution in [2.45, 2.75) is 17.7 Å². The number of hydrogen-bond donors (Lipinski definition) is 2. The van der Waals surface area contributed by atoms with Crippen LogP contribution in [0.2, 0.25) is 0 Å². The molecule has 1 fully saturated rings. The van der Waals surface area contributed by atoms with E-state index < -0.39 is 15.7 Å². The third kappa shape index (κ3) is 2.25. The highest BCUT2D eigenvalue weighted by atomic mass is 35.5. The van der Waals surface area contributed by atoms with Crippen LogP contribution in [0.4, 0.5) is 0 Å². The predicted molar refractivity (Wildman–Crippen MR) is 85.7 cm³/mol. The summed E-state index contributed by atoms with van der Waals surface area (Å²) in [6, 6.07) is 7.54. The van der Waals surface area contributed by atoms with Gasteiger partial charge in [-0.2, -0.15) is 0 Å². The van der Waals surface area contributed by atoms with Crippen molar-refractivity contribution in [1.82, 2.24) is 15.4 Å². The summed E-state index contributed by atoms with van der Waals surface area (Å²) in [6.07, 6.45) is 2.08. The molecule has 0 aliphatic heterocycles. The Hall–Kier alpha value is -1.72. The van der Waals surface area contributed by atoms with Crippen molar-refractivity contribution in [1.29, 1.82) is 0 Å². The number of rotatable bonds is 2. The van der Waals surface area contributed by atoms with Crippen LogP contribution < -0.4 is 10.9 Å². The maximum absolute atomic E-state index is 12.3. The van der Waals surface area contributed by atoms with Crippen molar-refractivity contribution in [2.24, 2.45) is 12.5 Å². The number of aryl methyl sites for hydroxylation is 1. The summed E-state index contributed by atoms with van der Waals surface area (Å²) in [5, 5.41) is 0.818. The molecule has 2 N–H and O–H groups in total. The van der Waals surface area contributed by atoms with Gasteiger partial charge in [-0.15, -0.1) is 23.2 Å². The Labute approximate surface area is 137 Å². The predicted octanol–water partition coefficient (Wildman–Crippen LogP) is 2.52. The third-order valence-electron chi connectivity index (χ3n) is 4.19. The van der Waals surface area contributed by atoms with Gasteiger partial charge in [0.05, 0.1) is 11.0 Å². The number of nitrogens with zero attached hydrogens (tertiary/aromatic N) is 1. The monoisotopic (exact) mass is 339 g/mol. The van der Waals surface area contributed by atoms with Crippen LogP contribution in [0.25, 0.3) is 10.9 Å². The average Bonchev–Trinajstić information content (AvgIpc) is 2.84. The van der Waals surface area contributed by atoms with E-state index in [1.165, 1.54) is 0 Å². The van der Waals surface area contributed by atoms with E-state index in [4.69, 9.17) is 23.2 Å². The fourth-order valence-corrected chi connectivity index (χ4v) is 3.19. The number of para-hydroxylation sites is 1. The van der Waals surface area contributed by atoms with Gasteiger partial charge in [-0.1, -0.05) is 18.2 Å². The maximum atomic E-state index is 12.3. The number of carbonyl (C=O) groups excluding carboxylic acids is 2. The topological polar surface area (TPSA) is 63.1 Å². The molecule has 1 aromatic heterocycles. The van der Waals surface area contributed by atoms with E-state index >= 15 is 0 Å². The number of halogens is 2. The zero-order valence-corrected chi connectivity index (χ0v) is 13.6. The van der Waals surface area contributed by atoms with Gasteiger partial charge in [0, 0.05) is 24.1 Å². The lowest BCUT2D eigenvalue weighted by Crippen LogP contribution is -2.45. The second-order valence-corrected chi connectivity index (χ2v) is 7.28. The number of aromatic nitrogens is 1. The zero-order chi connectivity index (χ0) is 16.1. The largest absolute Gasteiger partial charge is 0.350 e. The Balaban J connectivity index is 1.74. The second kappa shape index (κ2) is 4.89. The van der Waals surface area contributed by atoms with Crippen molar-refractivity contribution in [3.63, 3.8) is 0 Å². The van der Waals surface area contributed by atoms with Gasteiger partial charge in [-0.3, -0.25) is 20.4 Å². The van der Waals surface area contributed by atoms with Crippen LogP contribution >= 0.6 is 23.2 Å². The number of hydrazine groups is 1. The van der Waals surface area contributed by atoms with Crippen molar-refractivity contribution < 1.29 is 9.59 Å². The summed E-state index contributed by atoms with van der Waals surface area (Å²) >= 11 is 11.9. The Morgan fingerprint density at radius 2 is 1.86 bits per heavy atom. The molecule has 1 atom stereocenters. The molecule has 2 aromatic rings. The van der Waals surface area contributed by atoms with Crippen LogP contribution in [0.1, 0.15) is 23.7 Å². The molecule has 1 aliphatic rings. The van der Waals surface area contributed by atoms with Crippen molar-refractivity contribution in [2.75, 3.05) is 0 Å². The Morgan fingerprint density at radius 1 is 1.23 bits per heavy atom. The summed E-state index contributed by atoms with van der Waals surface area (Å²) in [5.41, 5.74) is 5.37. The van der Waals surface area contributed by atoms with E-state index in [9.17, 15) is 9.59 Å². The quantitative estimate of drug-likeness (QED) is 0.652. The minimum absolute atomic E-state index is 0.360. The molecular weight excluding hydrogens is 325 g/mol. The Kier molecular flexibility index (Phi) is 3.38. The third-order valence-corrected chi connectivity index (χ3v) is 5.29. The van der Waals surface area contributed by atoms with Gasteiger partial charge in [0.2, 0.25) is 5.91 Å². The van der Waals surface area contributed by atoms with Gasteiger partial charge in [-0.25, -0.2) is 0 Å². The number of carbonyl (C=O) groups is 2. The summed E-state index contributed by atoms with van der Waals surface area (Å²) in [4.78, 5) is 24.3. The molecule has 1 aromatic carbocycles. The molecule has 116 valence electrons. The zero-order valence-electron chi connectivity index (χ0n) is 12.1. The average molecular weight is 340 g/mol. The van der Waals surface area contributed by atoms with Crippen LogP contribution in [0.15, 0.2) is 30.5 Å². The first-order chi connectivity index (χ1) is 10.3. The molecule has 22 heavy (non-hydrogen) atoms. The first-order valence-electron chi connectivity index (χ1n) is 6.79. The Morgan fingerprint density at radius 3 is 2.50 bits per heavy atom. The SMILES string of the molecule is Cn1cc(C(=O)NNC(=O)[C@]2(C)CC2(Cl)Cl)c2ccccc21. The van der Waals surface area contributed by atoms with Gasteiger partial charge in [0.15, 0.2) is 0 Å². The number of benzene rings is 1. The van der Waals surface area contributed by atoms with Crippen molar-refractivity contribution >= 4 is 45.9 Å². The molecule has 3 rings (SSSR count). The van der Waals surface area contributed by atoms with E-state index in [1.54, 1.807) is 13.1 Å². The minimum atomic E-state index is -1.07. The standard InChI is InChI=1S/C15H15Cl2N3O2/c1-14(8-15(14,16)17)13(22)19-18-12(21)10-7-20(2)11-6-4-3-5-9(10)11/h3-7H,8H2,1-2H3,(H,18,21)(H,19,22)/t14-/m0/s1. The lowest BCUT2D eigenvalue weighted by Gasteiger charge is -2.13. The summed E-state index contributed by atoms with van der Waals surface area (Å²) in [6.45, 7) is 1.66. The molecule has 5 nitrogen and oxygen atoms in total. The number of nitrogens with one attached hydrogen (secondary N) is 2. The van der Waals surface area contributed by atoms with Crippen LogP contribution in [0.3, 0.4) is 0 Å².